The maximum Gasteiger partial charge on any atom is 0.326 e. The zero-order valence-electron chi connectivity index (χ0n) is 9.98. The Labute approximate surface area is 108 Å². The van der Waals surface area contributed by atoms with Gasteiger partial charge in [0, 0.05) is 24.8 Å². The van der Waals surface area contributed by atoms with E-state index in [1.165, 1.54) is 11.9 Å². The van der Waals surface area contributed by atoms with Gasteiger partial charge in [-0.15, -0.1) is 0 Å². The first-order valence-corrected chi connectivity index (χ1v) is 5.99. The fourth-order valence-corrected chi connectivity index (χ4v) is 2.20. The number of aryl methyl sites for hydroxylation is 1. The Morgan fingerprint density at radius 3 is 2.53 bits per heavy atom. The van der Waals surface area contributed by atoms with Gasteiger partial charge in [-0.05, 0) is 28.4 Å². The lowest BCUT2D eigenvalue weighted by molar-refractivity contribution is -0.142. The van der Waals surface area contributed by atoms with Gasteiger partial charge in [-0.3, -0.25) is 4.79 Å². The van der Waals surface area contributed by atoms with Crippen molar-refractivity contribution in [3.05, 3.63) is 22.4 Å². The number of amides is 1. The molecule has 0 aliphatic heterocycles. The third kappa shape index (κ3) is 2.88. The van der Waals surface area contributed by atoms with E-state index in [1.54, 1.807) is 30.8 Å². The van der Waals surface area contributed by atoms with E-state index in [0.29, 0.717) is 12.1 Å². The number of hydrogen-bond acceptors (Lipinski definition) is 2. The van der Waals surface area contributed by atoms with Crippen LogP contribution in [-0.2, 0) is 11.8 Å². The quantitative estimate of drug-likeness (QED) is 0.921. The molecule has 0 spiro atoms. The number of aromatic nitrogens is 1. The standard InChI is InChI=1S/C11H15BrN2O3/c1-4-8(11(16)17)14(3)10(15)9-5-7(12)6-13(9)2/h5-6,8H,4H2,1-3H3,(H,16,17). The summed E-state index contributed by atoms with van der Waals surface area (Å²) in [6.07, 6.45) is 2.13. The minimum Gasteiger partial charge on any atom is -0.480 e. The van der Waals surface area contributed by atoms with E-state index >= 15 is 0 Å². The summed E-state index contributed by atoms with van der Waals surface area (Å²) in [5.41, 5.74) is 0.457. The summed E-state index contributed by atoms with van der Waals surface area (Å²) in [4.78, 5) is 24.3. The maximum atomic E-state index is 12.1. The number of carbonyl (C=O) groups is 2. The molecule has 94 valence electrons. The Hall–Kier alpha value is -1.30. The summed E-state index contributed by atoms with van der Waals surface area (Å²) in [5, 5.41) is 9.00. The molecule has 0 aliphatic carbocycles. The molecule has 1 rings (SSSR count). The van der Waals surface area contributed by atoms with E-state index in [1.807, 2.05) is 0 Å². The van der Waals surface area contributed by atoms with Gasteiger partial charge in [0.25, 0.3) is 5.91 Å². The zero-order chi connectivity index (χ0) is 13.2. The van der Waals surface area contributed by atoms with E-state index in [2.05, 4.69) is 15.9 Å². The molecule has 1 amide bonds. The van der Waals surface area contributed by atoms with Crippen molar-refractivity contribution in [3.8, 4) is 0 Å². The zero-order valence-corrected chi connectivity index (χ0v) is 11.6. The summed E-state index contributed by atoms with van der Waals surface area (Å²) in [6, 6.07) is 0.879. The lowest BCUT2D eigenvalue weighted by Crippen LogP contribution is -2.42. The molecule has 1 aromatic heterocycles. The van der Waals surface area contributed by atoms with Gasteiger partial charge in [-0.2, -0.15) is 0 Å². The Morgan fingerprint density at radius 1 is 1.59 bits per heavy atom. The normalized spacial score (nSPS) is 12.2. The van der Waals surface area contributed by atoms with Gasteiger partial charge in [-0.25, -0.2) is 4.79 Å². The first-order valence-electron chi connectivity index (χ1n) is 5.20. The minimum atomic E-state index is -0.989. The molecule has 1 unspecified atom stereocenters. The van der Waals surface area contributed by atoms with Crippen LogP contribution in [0.5, 0.6) is 0 Å². The van der Waals surface area contributed by atoms with E-state index in [0.717, 1.165) is 4.47 Å². The molecule has 1 N–H and O–H groups in total. The molecule has 1 aromatic rings. The number of carbonyl (C=O) groups excluding carboxylic acids is 1. The lowest BCUT2D eigenvalue weighted by Gasteiger charge is -2.23. The molecule has 0 bridgehead atoms. The molecule has 0 aromatic carbocycles. The van der Waals surface area contributed by atoms with Gasteiger partial charge in [-0.1, -0.05) is 6.92 Å². The molecule has 0 saturated carbocycles. The number of halogens is 1. The largest absolute Gasteiger partial charge is 0.480 e. The molecule has 0 aliphatic rings. The van der Waals surface area contributed by atoms with Crippen molar-refractivity contribution in [1.29, 1.82) is 0 Å². The van der Waals surface area contributed by atoms with Crippen LogP contribution in [0, 0.1) is 0 Å². The number of hydrogen-bond donors (Lipinski definition) is 1. The van der Waals surface area contributed by atoms with E-state index in [4.69, 9.17) is 5.11 Å². The van der Waals surface area contributed by atoms with Crippen molar-refractivity contribution in [2.75, 3.05) is 7.05 Å². The topological polar surface area (TPSA) is 62.5 Å². The predicted molar refractivity (Wildman–Crippen MR) is 66.9 cm³/mol. The fraction of sp³-hybridized carbons (Fsp3) is 0.455. The Bertz CT molecular complexity index is 442. The molecule has 1 heterocycles. The van der Waals surface area contributed by atoms with Gasteiger partial charge >= 0.3 is 5.97 Å². The Balaban J connectivity index is 2.97. The van der Waals surface area contributed by atoms with Crippen molar-refractivity contribution in [2.45, 2.75) is 19.4 Å². The number of aliphatic carboxylic acids is 1. The van der Waals surface area contributed by atoms with Crippen LogP contribution in [0.2, 0.25) is 0 Å². The highest BCUT2D eigenvalue weighted by molar-refractivity contribution is 9.10. The molecule has 17 heavy (non-hydrogen) atoms. The van der Waals surface area contributed by atoms with Crippen molar-refractivity contribution < 1.29 is 14.7 Å². The van der Waals surface area contributed by atoms with Gasteiger partial charge in [0.05, 0.1) is 0 Å². The summed E-state index contributed by atoms with van der Waals surface area (Å²) < 4.78 is 2.46. The minimum absolute atomic E-state index is 0.299. The highest BCUT2D eigenvalue weighted by atomic mass is 79.9. The average molecular weight is 303 g/mol. The van der Waals surface area contributed by atoms with Gasteiger partial charge in [0.1, 0.15) is 11.7 Å². The van der Waals surface area contributed by atoms with E-state index in [-0.39, 0.29) is 5.91 Å². The van der Waals surface area contributed by atoms with Crippen molar-refractivity contribution in [1.82, 2.24) is 9.47 Å². The molecular formula is C11H15BrN2O3. The number of nitrogens with zero attached hydrogens (tertiary/aromatic N) is 2. The Kier molecular flexibility index (Phi) is 4.34. The van der Waals surface area contributed by atoms with Gasteiger partial charge < -0.3 is 14.6 Å². The second kappa shape index (κ2) is 5.35. The van der Waals surface area contributed by atoms with Crippen molar-refractivity contribution in [3.63, 3.8) is 0 Å². The molecule has 6 heteroatoms. The number of carboxylic acid groups (broad SMARTS) is 1. The predicted octanol–water partition coefficient (Wildman–Crippen LogP) is 1.72. The highest BCUT2D eigenvalue weighted by Gasteiger charge is 2.26. The van der Waals surface area contributed by atoms with Crippen LogP contribution < -0.4 is 0 Å². The van der Waals surface area contributed by atoms with Crippen LogP contribution in [0.3, 0.4) is 0 Å². The third-order valence-corrected chi connectivity index (χ3v) is 3.08. The third-order valence-electron chi connectivity index (χ3n) is 2.65. The molecule has 0 radical (unpaired) electrons. The number of rotatable bonds is 4. The molecule has 5 nitrogen and oxygen atoms in total. The van der Waals surface area contributed by atoms with E-state index < -0.39 is 12.0 Å². The number of likely N-dealkylation sites (N-methyl/N-ethyl adjacent to an activating group) is 1. The smallest absolute Gasteiger partial charge is 0.326 e. The van der Waals surface area contributed by atoms with Crippen LogP contribution in [0.15, 0.2) is 16.7 Å². The second-order valence-electron chi connectivity index (χ2n) is 3.83. The SMILES string of the molecule is CCC(C(=O)O)N(C)C(=O)c1cc(Br)cn1C. The Morgan fingerprint density at radius 2 is 2.18 bits per heavy atom. The summed E-state index contributed by atoms with van der Waals surface area (Å²) in [6.45, 7) is 1.74. The van der Waals surface area contributed by atoms with Crippen LogP contribution in [-0.4, -0.2) is 39.5 Å². The molecule has 0 saturated heterocycles. The van der Waals surface area contributed by atoms with Crippen LogP contribution >= 0.6 is 15.9 Å². The van der Waals surface area contributed by atoms with E-state index in [9.17, 15) is 9.59 Å². The average Bonchev–Trinajstić information content (AvgIpc) is 2.57. The monoisotopic (exact) mass is 302 g/mol. The highest BCUT2D eigenvalue weighted by Crippen LogP contribution is 2.16. The van der Waals surface area contributed by atoms with Crippen molar-refractivity contribution >= 4 is 27.8 Å². The number of carboxylic acids is 1. The summed E-state index contributed by atoms with van der Waals surface area (Å²) in [7, 11) is 3.25. The second-order valence-corrected chi connectivity index (χ2v) is 4.75. The van der Waals surface area contributed by atoms with Gasteiger partial charge in [0.15, 0.2) is 0 Å². The maximum absolute atomic E-state index is 12.1. The summed E-state index contributed by atoms with van der Waals surface area (Å²) >= 11 is 3.28. The lowest BCUT2D eigenvalue weighted by atomic mass is 10.2. The molecule has 0 fully saturated rings. The first kappa shape index (κ1) is 13.8. The van der Waals surface area contributed by atoms with Crippen molar-refractivity contribution in [2.24, 2.45) is 7.05 Å². The van der Waals surface area contributed by atoms with Crippen LogP contribution in [0.25, 0.3) is 0 Å². The molecule has 1 atom stereocenters. The summed E-state index contributed by atoms with van der Waals surface area (Å²) in [5.74, 6) is -1.29. The van der Waals surface area contributed by atoms with Gasteiger partial charge in [0.2, 0.25) is 0 Å². The molecular weight excluding hydrogens is 288 g/mol. The van der Waals surface area contributed by atoms with Crippen LogP contribution in [0.1, 0.15) is 23.8 Å². The fourth-order valence-electron chi connectivity index (χ4n) is 1.67. The first-order chi connectivity index (χ1) is 7.88. The van der Waals surface area contributed by atoms with Crippen LogP contribution in [0.4, 0.5) is 0 Å².